The number of fused-ring (bicyclic) bond motifs is 1. The molecule has 0 saturated carbocycles. The Morgan fingerprint density at radius 1 is 1.17 bits per heavy atom. The van der Waals surface area contributed by atoms with Gasteiger partial charge in [0.25, 0.3) is 0 Å². The predicted octanol–water partition coefficient (Wildman–Crippen LogP) is 4.52. The fourth-order valence-corrected chi connectivity index (χ4v) is 2.86. The van der Waals surface area contributed by atoms with Crippen LogP contribution in [0.3, 0.4) is 0 Å². The molecule has 3 aromatic rings. The smallest absolute Gasteiger partial charge is 0.340 e. The lowest BCUT2D eigenvalue weighted by atomic mass is 10.1. The van der Waals surface area contributed by atoms with Crippen LogP contribution in [-0.2, 0) is 11.3 Å². The lowest BCUT2D eigenvalue weighted by Crippen LogP contribution is -2.07. The van der Waals surface area contributed by atoms with Crippen LogP contribution in [0.25, 0.3) is 10.9 Å². The summed E-state index contributed by atoms with van der Waals surface area (Å²) in [5, 5.41) is 0.297. The molecule has 3 rings (SSSR count). The number of rotatable bonds is 3. The molecule has 0 amide bonds. The van der Waals surface area contributed by atoms with Crippen molar-refractivity contribution in [1.29, 1.82) is 0 Å². The van der Waals surface area contributed by atoms with Crippen molar-refractivity contribution in [2.24, 2.45) is 0 Å². The van der Waals surface area contributed by atoms with Gasteiger partial charge in [-0.25, -0.2) is 13.6 Å². The Morgan fingerprint density at radius 3 is 2.65 bits per heavy atom. The second-order valence-electron chi connectivity index (χ2n) is 5.03. The normalized spacial score (nSPS) is 11.0. The van der Waals surface area contributed by atoms with E-state index in [1.165, 1.54) is 25.3 Å². The number of benzene rings is 2. The van der Waals surface area contributed by atoms with Crippen molar-refractivity contribution in [3.63, 3.8) is 0 Å². The Balaban J connectivity index is 2.14. The first-order valence-corrected chi connectivity index (χ1v) is 7.60. The van der Waals surface area contributed by atoms with E-state index in [4.69, 9.17) is 4.74 Å². The molecule has 0 radical (unpaired) electrons. The zero-order chi connectivity index (χ0) is 16.6. The Morgan fingerprint density at radius 2 is 1.96 bits per heavy atom. The molecule has 0 atom stereocenters. The van der Waals surface area contributed by atoms with Crippen molar-refractivity contribution in [3.05, 3.63) is 69.8 Å². The minimum Gasteiger partial charge on any atom is -0.465 e. The number of nitrogens with zero attached hydrogens (tertiary/aromatic N) is 1. The second kappa shape index (κ2) is 6.12. The second-order valence-corrected chi connectivity index (χ2v) is 5.94. The molecule has 0 spiro atoms. The summed E-state index contributed by atoms with van der Waals surface area (Å²) in [4.78, 5) is 11.9. The molecule has 0 aliphatic carbocycles. The van der Waals surface area contributed by atoms with Crippen LogP contribution in [0, 0.1) is 11.6 Å². The zero-order valence-corrected chi connectivity index (χ0v) is 13.7. The molecule has 0 saturated heterocycles. The number of carbonyl (C=O) groups is 1. The number of ether oxygens (including phenoxy) is 1. The topological polar surface area (TPSA) is 31.2 Å². The highest BCUT2D eigenvalue weighted by Gasteiger charge is 2.17. The van der Waals surface area contributed by atoms with Gasteiger partial charge in [0.15, 0.2) is 0 Å². The van der Waals surface area contributed by atoms with E-state index in [2.05, 4.69) is 15.9 Å². The number of methoxy groups -OCH3 is 1. The molecule has 0 aliphatic heterocycles. The van der Waals surface area contributed by atoms with Crippen molar-refractivity contribution in [2.75, 3.05) is 7.11 Å². The van der Waals surface area contributed by atoms with Gasteiger partial charge in [0.1, 0.15) is 11.6 Å². The van der Waals surface area contributed by atoms with E-state index >= 15 is 0 Å². The van der Waals surface area contributed by atoms with Crippen LogP contribution >= 0.6 is 15.9 Å². The molecule has 1 aromatic heterocycles. The van der Waals surface area contributed by atoms with Crippen LogP contribution in [0.15, 0.2) is 47.1 Å². The highest BCUT2D eigenvalue weighted by molar-refractivity contribution is 9.10. The summed E-state index contributed by atoms with van der Waals surface area (Å²) in [5.41, 5.74) is 1.07. The molecule has 6 heteroatoms. The molecule has 0 unspecified atom stereocenters. The summed E-state index contributed by atoms with van der Waals surface area (Å²) in [6, 6.07) is 8.89. The van der Waals surface area contributed by atoms with Crippen LogP contribution in [0.1, 0.15) is 15.9 Å². The number of hydrogen-bond acceptors (Lipinski definition) is 2. The first-order chi connectivity index (χ1) is 11.0. The minimum absolute atomic E-state index is 0.177. The van der Waals surface area contributed by atoms with Crippen LogP contribution in [-0.4, -0.2) is 17.6 Å². The Labute approximate surface area is 139 Å². The maximum Gasteiger partial charge on any atom is 0.340 e. The molecule has 3 nitrogen and oxygen atoms in total. The van der Waals surface area contributed by atoms with E-state index in [1.807, 2.05) is 0 Å². The third-order valence-corrected chi connectivity index (χ3v) is 4.13. The molecule has 2 aromatic carbocycles. The Bertz CT molecular complexity index is 905. The number of esters is 1. The quantitative estimate of drug-likeness (QED) is 0.626. The van der Waals surface area contributed by atoms with Crippen LogP contribution in [0.4, 0.5) is 8.78 Å². The predicted molar refractivity (Wildman–Crippen MR) is 86.4 cm³/mol. The molecule has 1 heterocycles. The summed E-state index contributed by atoms with van der Waals surface area (Å²) >= 11 is 3.21. The third kappa shape index (κ3) is 2.86. The largest absolute Gasteiger partial charge is 0.465 e. The van der Waals surface area contributed by atoms with Gasteiger partial charge < -0.3 is 9.30 Å². The highest BCUT2D eigenvalue weighted by Crippen LogP contribution is 2.26. The van der Waals surface area contributed by atoms with Gasteiger partial charge in [0.2, 0.25) is 0 Å². The third-order valence-electron chi connectivity index (χ3n) is 3.63. The lowest BCUT2D eigenvalue weighted by Gasteiger charge is -2.10. The van der Waals surface area contributed by atoms with E-state index in [-0.39, 0.29) is 17.9 Å². The fraction of sp³-hybridized carbons (Fsp3) is 0.118. The maximum atomic E-state index is 14.0. The van der Waals surface area contributed by atoms with Gasteiger partial charge in [-0.05, 0) is 30.3 Å². The average molecular weight is 380 g/mol. The SMILES string of the molecule is COC(=O)c1ccc(F)c2ccn(Cc3ccc(Br)cc3F)c12. The van der Waals surface area contributed by atoms with Gasteiger partial charge in [-0.3, -0.25) is 0 Å². The standard InChI is InChI=1S/C17H12BrF2NO2/c1-23-17(22)13-4-5-14(19)12-6-7-21(16(12)13)9-10-2-3-11(18)8-15(10)20/h2-8H,9H2,1H3. The number of halogens is 3. The van der Waals surface area contributed by atoms with Crippen molar-refractivity contribution < 1.29 is 18.3 Å². The summed E-state index contributed by atoms with van der Waals surface area (Å²) in [5.74, 6) is -1.38. The van der Waals surface area contributed by atoms with Crippen molar-refractivity contribution in [2.45, 2.75) is 6.54 Å². The van der Waals surface area contributed by atoms with Gasteiger partial charge >= 0.3 is 5.97 Å². The van der Waals surface area contributed by atoms with Gasteiger partial charge in [0.05, 0.1) is 24.7 Å². The molecule has 0 fully saturated rings. The highest BCUT2D eigenvalue weighted by atomic mass is 79.9. The summed E-state index contributed by atoms with van der Waals surface area (Å²) in [7, 11) is 1.26. The molecule has 23 heavy (non-hydrogen) atoms. The van der Waals surface area contributed by atoms with E-state index in [0.29, 0.717) is 20.9 Å². The fourth-order valence-electron chi connectivity index (χ4n) is 2.53. The monoisotopic (exact) mass is 379 g/mol. The Hall–Kier alpha value is -2.21. The van der Waals surface area contributed by atoms with Crippen LogP contribution in [0.2, 0.25) is 0 Å². The summed E-state index contributed by atoms with van der Waals surface area (Å²) < 4.78 is 35.0. The van der Waals surface area contributed by atoms with Crippen molar-refractivity contribution in [3.8, 4) is 0 Å². The van der Waals surface area contributed by atoms with E-state index in [1.54, 1.807) is 29.0 Å². The lowest BCUT2D eigenvalue weighted by molar-refractivity contribution is 0.0602. The molecule has 0 bridgehead atoms. The first kappa shape index (κ1) is 15.7. The Kier molecular flexibility index (Phi) is 4.17. The molecule has 0 N–H and O–H groups in total. The van der Waals surface area contributed by atoms with E-state index < -0.39 is 11.8 Å². The number of aromatic nitrogens is 1. The maximum absolute atomic E-state index is 14.0. The van der Waals surface area contributed by atoms with E-state index in [0.717, 1.165) is 0 Å². The molecule has 0 aliphatic rings. The van der Waals surface area contributed by atoms with E-state index in [9.17, 15) is 13.6 Å². The van der Waals surface area contributed by atoms with Crippen LogP contribution < -0.4 is 0 Å². The molecule has 118 valence electrons. The minimum atomic E-state index is -0.564. The summed E-state index contributed by atoms with van der Waals surface area (Å²) in [6.07, 6.45) is 1.63. The molecular weight excluding hydrogens is 368 g/mol. The number of carbonyl (C=O) groups excluding carboxylic acids is 1. The van der Waals surface area contributed by atoms with Gasteiger partial charge in [-0.2, -0.15) is 0 Å². The van der Waals surface area contributed by atoms with Crippen molar-refractivity contribution in [1.82, 2.24) is 4.57 Å². The van der Waals surface area contributed by atoms with Crippen molar-refractivity contribution >= 4 is 32.8 Å². The van der Waals surface area contributed by atoms with Gasteiger partial charge in [-0.1, -0.05) is 22.0 Å². The van der Waals surface area contributed by atoms with Gasteiger partial charge in [0, 0.05) is 21.6 Å². The average Bonchev–Trinajstić information content (AvgIpc) is 2.94. The van der Waals surface area contributed by atoms with Gasteiger partial charge in [-0.15, -0.1) is 0 Å². The first-order valence-electron chi connectivity index (χ1n) is 6.81. The molecular formula is C17H12BrF2NO2. The number of hydrogen-bond donors (Lipinski definition) is 0. The zero-order valence-electron chi connectivity index (χ0n) is 12.1. The summed E-state index contributed by atoms with van der Waals surface area (Å²) in [6.45, 7) is 0.177. The van der Waals surface area contributed by atoms with Crippen LogP contribution in [0.5, 0.6) is 0 Å².